The van der Waals surface area contributed by atoms with Gasteiger partial charge in [0.2, 0.25) is 6.41 Å². The van der Waals surface area contributed by atoms with Gasteiger partial charge < -0.3 is 21.9 Å². The van der Waals surface area contributed by atoms with Gasteiger partial charge in [0.1, 0.15) is 5.70 Å². The molecule has 122 valence electrons. The van der Waals surface area contributed by atoms with Gasteiger partial charge in [-0.2, -0.15) is 0 Å². The second kappa shape index (κ2) is 7.59. The summed E-state index contributed by atoms with van der Waals surface area (Å²) < 4.78 is 0. The summed E-state index contributed by atoms with van der Waals surface area (Å²) in [5.74, 6) is -1.37. The number of nitrogens with two attached hydrogens (primary N) is 2. The third kappa shape index (κ3) is 3.98. The molecular formula is C17H16N4O3. The molecule has 6 N–H and O–H groups in total. The summed E-state index contributed by atoms with van der Waals surface area (Å²) in [6.07, 6.45) is 0.326. The first-order valence-corrected chi connectivity index (χ1v) is 6.96. The molecule has 24 heavy (non-hydrogen) atoms. The maximum Gasteiger partial charge on any atom is 0.353 e. The molecule has 0 radical (unpaired) electrons. The zero-order valence-corrected chi connectivity index (χ0v) is 12.6. The standard InChI is InChI=1S/C17H16N4O3/c18-17(19)21-13-8-4-7-12(9-13)14(11-5-2-1-3-6-11)15(16(23)24)20-10-22/h1-10H,(H,20,22)(H,23,24)(H4,18,19,21). The minimum Gasteiger partial charge on any atom is -0.477 e. The second-order valence-electron chi connectivity index (χ2n) is 4.77. The van der Waals surface area contributed by atoms with Crippen molar-refractivity contribution in [2.24, 2.45) is 16.5 Å². The lowest BCUT2D eigenvalue weighted by molar-refractivity contribution is -0.133. The molecule has 0 saturated carbocycles. The summed E-state index contributed by atoms with van der Waals surface area (Å²) in [5, 5.41) is 11.7. The number of carboxylic acids is 1. The maximum atomic E-state index is 11.6. The van der Waals surface area contributed by atoms with Crippen molar-refractivity contribution in [3.63, 3.8) is 0 Å². The first-order chi connectivity index (χ1) is 11.5. The predicted molar refractivity (Wildman–Crippen MR) is 91.2 cm³/mol. The highest BCUT2D eigenvalue weighted by Crippen LogP contribution is 2.28. The molecule has 0 aromatic heterocycles. The summed E-state index contributed by atoms with van der Waals surface area (Å²) in [5.41, 5.74) is 12.5. The lowest BCUT2D eigenvalue weighted by Gasteiger charge is -2.13. The third-order valence-electron chi connectivity index (χ3n) is 3.12. The van der Waals surface area contributed by atoms with Gasteiger partial charge >= 0.3 is 5.97 Å². The number of nitrogens with one attached hydrogen (secondary N) is 1. The lowest BCUT2D eigenvalue weighted by atomic mass is 9.95. The molecule has 0 spiro atoms. The van der Waals surface area contributed by atoms with E-state index in [0.29, 0.717) is 28.8 Å². The van der Waals surface area contributed by atoms with Crippen LogP contribution in [-0.2, 0) is 9.59 Å². The van der Waals surface area contributed by atoms with Crippen LogP contribution >= 0.6 is 0 Å². The van der Waals surface area contributed by atoms with Gasteiger partial charge in [-0.15, -0.1) is 0 Å². The van der Waals surface area contributed by atoms with E-state index in [9.17, 15) is 14.7 Å². The molecule has 0 heterocycles. The van der Waals surface area contributed by atoms with Crippen LogP contribution in [0.15, 0.2) is 65.3 Å². The maximum absolute atomic E-state index is 11.6. The van der Waals surface area contributed by atoms with Crippen molar-refractivity contribution in [1.82, 2.24) is 5.32 Å². The van der Waals surface area contributed by atoms with E-state index in [1.54, 1.807) is 48.5 Å². The average Bonchev–Trinajstić information content (AvgIpc) is 2.55. The molecule has 0 bridgehead atoms. The number of nitrogens with zero attached hydrogens (tertiary/aromatic N) is 1. The molecule has 7 heteroatoms. The highest BCUT2D eigenvalue weighted by atomic mass is 16.4. The normalized spacial score (nSPS) is 11.2. The lowest BCUT2D eigenvalue weighted by Crippen LogP contribution is -2.22. The molecule has 2 aromatic carbocycles. The van der Waals surface area contributed by atoms with Gasteiger partial charge in [-0.05, 0) is 23.3 Å². The molecule has 0 saturated heterocycles. The number of aliphatic imine (C=N–C) groups is 1. The molecule has 0 aliphatic rings. The fraction of sp³-hybridized carbons (Fsp3) is 0. The van der Waals surface area contributed by atoms with Crippen molar-refractivity contribution in [3.05, 3.63) is 71.4 Å². The molecule has 0 aliphatic heterocycles. The molecule has 1 amide bonds. The monoisotopic (exact) mass is 324 g/mol. The zero-order valence-electron chi connectivity index (χ0n) is 12.6. The fourth-order valence-electron chi connectivity index (χ4n) is 2.24. The van der Waals surface area contributed by atoms with Gasteiger partial charge in [-0.25, -0.2) is 9.79 Å². The first kappa shape index (κ1) is 16.8. The van der Waals surface area contributed by atoms with Gasteiger partial charge in [-0.1, -0.05) is 42.5 Å². The van der Waals surface area contributed by atoms with Crippen molar-refractivity contribution in [2.75, 3.05) is 0 Å². The molecule has 0 fully saturated rings. The van der Waals surface area contributed by atoms with Gasteiger partial charge in [0, 0.05) is 5.57 Å². The van der Waals surface area contributed by atoms with E-state index in [2.05, 4.69) is 10.3 Å². The molecule has 0 atom stereocenters. The fourth-order valence-corrected chi connectivity index (χ4v) is 2.24. The summed E-state index contributed by atoms with van der Waals surface area (Å²) >= 11 is 0. The van der Waals surface area contributed by atoms with Crippen LogP contribution in [-0.4, -0.2) is 23.4 Å². The molecule has 2 rings (SSSR count). The minimum absolute atomic E-state index is 0.109. The average molecular weight is 324 g/mol. The van der Waals surface area contributed by atoms with E-state index in [1.807, 2.05) is 6.07 Å². The number of hydrogen-bond acceptors (Lipinski definition) is 3. The van der Waals surface area contributed by atoms with E-state index in [4.69, 9.17) is 11.5 Å². The van der Waals surface area contributed by atoms with Gasteiger partial charge in [0.05, 0.1) is 5.69 Å². The summed E-state index contributed by atoms with van der Waals surface area (Å²) in [6, 6.07) is 15.6. The van der Waals surface area contributed by atoms with Crippen molar-refractivity contribution in [3.8, 4) is 0 Å². The molecule has 2 aromatic rings. The van der Waals surface area contributed by atoms with Crippen molar-refractivity contribution in [1.29, 1.82) is 0 Å². The number of guanidine groups is 1. The molecular weight excluding hydrogens is 308 g/mol. The van der Waals surface area contributed by atoms with Crippen LogP contribution in [0.2, 0.25) is 0 Å². The topological polar surface area (TPSA) is 131 Å². The number of carbonyl (C=O) groups excluding carboxylic acids is 1. The Morgan fingerprint density at radius 2 is 1.71 bits per heavy atom. The number of rotatable bonds is 6. The highest BCUT2D eigenvalue weighted by molar-refractivity contribution is 6.02. The van der Waals surface area contributed by atoms with Gasteiger partial charge in [0.25, 0.3) is 0 Å². The van der Waals surface area contributed by atoms with Crippen molar-refractivity contribution >= 4 is 29.6 Å². The summed E-state index contributed by atoms with van der Waals surface area (Å²) in [7, 11) is 0. The predicted octanol–water partition coefficient (Wildman–Crippen LogP) is 1.18. The number of hydrogen-bond donors (Lipinski definition) is 4. The van der Waals surface area contributed by atoms with Gasteiger partial charge in [0.15, 0.2) is 5.96 Å². The van der Waals surface area contributed by atoms with Crippen LogP contribution in [0.1, 0.15) is 11.1 Å². The Bertz CT molecular complexity index is 810. The number of aliphatic carboxylic acids is 1. The van der Waals surface area contributed by atoms with Crippen LogP contribution in [0.4, 0.5) is 5.69 Å². The SMILES string of the molecule is NC(N)=Nc1cccc(C(=C(NC=O)C(=O)O)c2ccccc2)c1. The number of amides is 1. The minimum atomic E-state index is -1.26. The molecule has 7 nitrogen and oxygen atoms in total. The van der Waals surface area contributed by atoms with Crippen LogP contribution in [0.3, 0.4) is 0 Å². The summed E-state index contributed by atoms with van der Waals surface area (Å²) in [6.45, 7) is 0. The van der Waals surface area contributed by atoms with E-state index in [1.165, 1.54) is 0 Å². The third-order valence-corrected chi connectivity index (χ3v) is 3.12. The van der Waals surface area contributed by atoms with E-state index < -0.39 is 5.97 Å². The first-order valence-electron chi connectivity index (χ1n) is 6.96. The van der Waals surface area contributed by atoms with Crippen LogP contribution < -0.4 is 16.8 Å². The smallest absolute Gasteiger partial charge is 0.353 e. The Labute approximate surface area is 138 Å². The molecule has 0 aliphatic carbocycles. The number of carboxylic acid groups (broad SMARTS) is 1. The van der Waals surface area contributed by atoms with E-state index in [0.717, 1.165) is 0 Å². The molecule has 0 unspecified atom stereocenters. The zero-order chi connectivity index (χ0) is 17.5. The van der Waals surface area contributed by atoms with Crippen LogP contribution in [0.25, 0.3) is 5.57 Å². The largest absolute Gasteiger partial charge is 0.477 e. The van der Waals surface area contributed by atoms with E-state index in [-0.39, 0.29) is 11.7 Å². The number of carbonyl (C=O) groups is 2. The Kier molecular flexibility index (Phi) is 5.30. The van der Waals surface area contributed by atoms with Gasteiger partial charge in [-0.3, -0.25) is 4.79 Å². The highest BCUT2D eigenvalue weighted by Gasteiger charge is 2.18. The second-order valence-corrected chi connectivity index (χ2v) is 4.77. The Morgan fingerprint density at radius 1 is 1.04 bits per heavy atom. The quantitative estimate of drug-likeness (QED) is 0.274. The Balaban J connectivity index is 2.72. The Morgan fingerprint density at radius 3 is 2.29 bits per heavy atom. The van der Waals surface area contributed by atoms with Crippen LogP contribution in [0.5, 0.6) is 0 Å². The van der Waals surface area contributed by atoms with Crippen molar-refractivity contribution < 1.29 is 14.7 Å². The van der Waals surface area contributed by atoms with E-state index >= 15 is 0 Å². The summed E-state index contributed by atoms with van der Waals surface area (Å²) in [4.78, 5) is 26.4. The Hall–Kier alpha value is -3.61. The van der Waals surface area contributed by atoms with Crippen LogP contribution in [0, 0.1) is 0 Å². The number of benzene rings is 2. The van der Waals surface area contributed by atoms with Crippen molar-refractivity contribution in [2.45, 2.75) is 0 Å².